The van der Waals surface area contributed by atoms with Gasteiger partial charge in [0.15, 0.2) is 6.61 Å². The predicted octanol–water partition coefficient (Wildman–Crippen LogP) is 5.06. The van der Waals surface area contributed by atoms with E-state index in [1.54, 1.807) is 24.3 Å². The molecule has 4 rings (SSSR count). The molecular weight excluding hydrogens is 378 g/mol. The first-order chi connectivity index (χ1) is 14.2. The minimum atomic E-state index is -0.552. The van der Waals surface area contributed by atoms with E-state index in [9.17, 15) is 9.59 Å². The Labute approximate surface area is 178 Å². The Kier molecular flexibility index (Phi) is 5.31. The number of carbonyl (C=O) groups excluding carboxylic acids is 2. The van der Waals surface area contributed by atoms with E-state index >= 15 is 0 Å². The van der Waals surface area contributed by atoms with Crippen molar-refractivity contribution in [2.45, 2.75) is 46.1 Å². The fourth-order valence-corrected chi connectivity index (χ4v) is 5.38. The minimum absolute atomic E-state index is 0.115. The molecule has 158 valence electrons. The lowest BCUT2D eigenvalue weighted by atomic mass is 9.65. The summed E-state index contributed by atoms with van der Waals surface area (Å²) in [5, 5.41) is 0. The van der Waals surface area contributed by atoms with Crippen molar-refractivity contribution in [3.05, 3.63) is 60.2 Å². The second-order valence-corrected chi connectivity index (χ2v) is 9.72. The highest BCUT2D eigenvalue weighted by Gasteiger charge is 2.50. The van der Waals surface area contributed by atoms with Crippen molar-refractivity contribution in [3.8, 4) is 11.5 Å². The normalized spacial score (nSPS) is 24.4. The van der Waals surface area contributed by atoms with Gasteiger partial charge in [0.1, 0.15) is 17.1 Å². The minimum Gasteiger partial charge on any atom is -0.456 e. The Hall–Kier alpha value is -2.82. The number of para-hydroxylation sites is 2. The van der Waals surface area contributed by atoms with Gasteiger partial charge in [0.2, 0.25) is 0 Å². The summed E-state index contributed by atoms with van der Waals surface area (Å²) in [5.74, 6) is 0.376. The molecular formula is C25H29NO4. The highest BCUT2D eigenvalue weighted by molar-refractivity contribution is 5.94. The summed E-state index contributed by atoms with van der Waals surface area (Å²) in [4.78, 5) is 27.5. The summed E-state index contributed by atoms with van der Waals surface area (Å²) in [6, 6.07) is 16.4. The molecule has 2 aromatic carbocycles. The molecule has 0 spiro atoms. The van der Waals surface area contributed by atoms with Gasteiger partial charge in [0.25, 0.3) is 5.91 Å². The first-order valence-electron chi connectivity index (χ1n) is 10.5. The molecule has 5 nitrogen and oxygen atoms in total. The number of rotatable bonds is 5. The van der Waals surface area contributed by atoms with Crippen molar-refractivity contribution in [2.75, 3.05) is 13.2 Å². The van der Waals surface area contributed by atoms with E-state index in [0.29, 0.717) is 17.1 Å². The lowest BCUT2D eigenvalue weighted by Crippen LogP contribution is -2.39. The van der Waals surface area contributed by atoms with Crippen molar-refractivity contribution in [1.29, 1.82) is 0 Å². The number of benzene rings is 2. The largest absolute Gasteiger partial charge is 0.456 e. The number of fused-ring (bicyclic) bond motifs is 2. The lowest BCUT2D eigenvalue weighted by molar-refractivity contribution is -0.135. The van der Waals surface area contributed by atoms with Gasteiger partial charge in [-0.1, -0.05) is 51.1 Å². The average Bonchev–Trinajstić information content (AvgIpc) is 2.96. The Balaban J connectivity index is 1.40. The van der Waals surface area contributed by atoms with Crippen LogP contribution >= 0.6 is 0 Å². The van der Waals surface area contributed by atoms with Crippen molar-refractivity contribution in [2.24, 2.45) is 10.8 Å². The highest BCUT2D eigenvalue weighted by atomic mass is 16.5. The molecule has 5 heteroatoms. The summed E-state index contributed by atoms with van der Waals surface area (Å²) in [5.41, 5.74) is 0.696. The third-order valence-electron chi connectivity index (χ3n) is 6.14. The zero-order chi connectivity index (χ0) is 21.4. The van der Waals surface area contributed by atoms with Crippen LogP contribution in [0.3, 0.4) is 0 Å². The number of amides is 1. The SMILES string of the molecule is CC1(C)CC2CC(C)(CN2C(=O)COC(=O)c2ccccc2Oc2ccccc2)C1. The molecule has 2 aliphatic rings. The summed E-state index contributed by atoms with van der Waals surface area (Å²) in [7, 11) is 0. The summed E-state index contributed by atoms with van der Waals surface area (Å²) >= 11 is 0. The standard InChI is InChI=1S/C25H29NO4/c1-24(2)13-18-14-25(3,16-24)17-26(18)22(27)15-29-23(28)20-11-7-8-12-21(20)30-19-9-5-4-6-10-19/h4-12,18H,13-17H2,1-3H3. The molecule has 2 unspecified atom stereocenters. The fourth-order valence-electron chi connectivity index (χ4n) is 5.38. The maximum Gasteiger partial charge on any atom is 0.342 e. The Morgan fingerprint density at radius 2 is 1.70 bits per heavy atom. The van der Waals surface area contributed by atoms with Crippen LogP contribution in [-0.2, 0) is 9.53 Å². The Morgan fingerprint density at radius 1 is 1.00 bits per heavy atom. The molecule has 0 aromatic heterocycles. The van der Waals surface area contributed by atoms with E-state index in [-0.39, 0.29) is 29.4 Å². The van der Waals surface area contributed by atoms with Crippen LogP contribution in [0.25, 0.3) is 0 Å². The van der Waals surface area contributed by atoms with Gasteiger partial charge < -0.3 is 14.4 Å². The number of ether oxygens (including phenoxy) is 2. The first-order valence-corrected chi connectivity index (χ1v) is 10.5. The van der Waals surface area contributed by atoms with E-state index in [4.69, 9.17) is 9.47 Å². The second-order valence-electron chi connectivity index (χ2n) is 9.72. The number of carbonyl (C=O) groups is 2. The van der Waals surface area contributed by atoms with Crippen LogP contribution in [0, 0.1) is 10.8 Å². The summed E-state index contributed by atoms with van der Waals surface area (Å²) in [6.45, 7) is 7.30. The predicted molar refractivity (Wildman–Crippen MR) is 114 cm³/mol. The van der Waals surface area contributed by atoms with Gasteiger partial charge in [-0.25, -0.2) is 4.79 Å². The molecule has 1 heterocycles. The number of esters is 1. The maximum atomic E-state index is 12.9. The van der Waals surface area contributed by atoms with Gasteiger partial charge >= 0.3 is 5.97 Å². The molecule has 2 fully saturated rings. The van der Waals surface area contributed by atoms with Crippen molar-refractivity contribution >= 4 is 11.9 Å². The molecule has 1 aliphatic heterocycles. The van der Waals surface area contributed by atoms with Gasteiger partial charge in [0.05, 0.1) is 0 Å². The van der Waals surface area contributed by atoms with Crippen LogP contribution in [-0.4, -0.2) is 36.0 Å². The number of hydrogen-bond acceptors (Lipinski definition) is 4. The zero-order valence-electron chi connectivity index (χ0n) is 17.9. The quantitative estimate of drug-likeness (QED) is 0.650. The third-order valence-corrected chi connectivity index (χ3v) is 6.14. The number of likely N-dealkylation sites (tertiary alicyclic amines) is 1. The molecule has 2 bridgehead atoms. The van der Waals surface area contributed by atoms with Crippen molar-refractivity contribution in [1.82, 2.24) is 4.90 Å². The highest BCUT2D eigenvalue weighted by Crippen LogP contribution is 2.52. The van der Waals surface area contributed by atoms with Gasteiger partial charge in [-0.2, -0.15) is 0 Å². The molecule has 2 atom stereocenters. The topological polar surface area (TPSA) is 55.8 Å². The number of nitrogens with zero attached hydrogens (tertiary/aromatic N) is 1. The van der Waals surface area contributed by atoms with E-state index in [0.717, 1.165) is 25.8 Å². The smallest absolute Gasteiger partial charge is 0.342 e. The van der Waals surface area contributed by atoms with E-state index in [1.165, 1.54) is 0 Å². The van der Waals surface area contributed by atoms with Crippen LogP contribution in [0.15, 0.2) is 54.6 Å². The van der Waals surface area contributed by atoms with E-state index < -0.39 is 5.97 Å². The second kappa shape index (κ2) is 7.78. The van der Waals surface area contributed by atoms with Crippen molar-refractivity contribution < 1.29 is 19.1 Å². The van der Waals surface area contributed by atoms with Crippen LogP contribution in [0.5, 0.6) is 11.5 Å². The van der Waals surface area contributed by atoms with Crippen LogP contribution < -0.4 is 4.74 Å². The molecule has 1 amide bonds. The summed E-state index contributed by atoms with van der Waals surface area (Å²) < 4.78 is 11.2. The van der Waals surface area contributed by atoms with Crippen molar-refractivity contribution in [3.63, 3.8) is 0 Å². The first kappa shape index (κ1) is 20.5. The Morgan fingerprint density at radius 3 is 2.47 bits per heavy atom. The van der Waals surface area contributed by atoms with Crippen LogP contribution in [0.4, 0.5) is 0 Å². The number of hydrogen-bond donors (Lipinski definition) is 0. The van der Waals surface area contributed by atoms with Gasteiger partial charge in [0, 0.05) is 12.6 Å². The lowest BCUT2D eigenvalue weighted by Gasteiger charge is -2.39. The molecule has 0 N–H and O–H groups in total. The Bertz CT molecular complexity index is 939. The van der Waals surface area contributed by atoms with Gasteiger partial charge in [-0.05, 0) is 54.4 Å². The third kappa shape index (κ3) is 4.35. The molecule has 30 heavy (non-hydrogen) atoms. The average molecular weight is 408 g/mol. The molecule has 1 saturated heterocycles. The van der Waals surface area contributed by atoms with Crippen LogP contribution in [0.1, 0.15) is 50.4 Å². The van der Waals surface area contributed by atoms with Gasteiger partial charge in [-0.3, -0.25) is 4.79 Å². The summed E-state index contributed by atoms with van der Waals surface area (Å²) in [6.07, 6.45) is 3.14. The van der Waals surface area contributed by atoms with Gasteiger partial charge in [-0.15, -0.1) is 0 Å². The zero-order valence-corrected chi connectivity index (χ0v) is 17.9. The molecule has 2 aromatic rings. The molecule has 1 aliphatic carbocycles. The molecule has 0 radical (unpaired) electrons. The fraction of sp³-hybridized carbons (Fsp3) is 0.440. The van der Waals surface area contributed by atoms with E-state index in [1.807, 2.05) is 35.2 Å². The van der Waals surface area contributed by atoms with Crippen LogP contribution in [0.2, 0.25) is 0 Å². The molecule has 1 saturated carbocycles. The monoisotopic (exact) mass is 407 g/mol. The van der Waals surface area contributed by atoms with E-state index in [2.05, 4.69) is 20.8 Å². The maximum absolute atomic E-state index is 12.9.